The molecule has 1 aliphatic rings. The quantitative estimate of drug-likeness (QED) is 0.605. The molecule has 0 atom stereocenters. The van der Waals surface area contributed by atoms with Crippen LogP contribution in [0.25, 0.3) is 0 Å². The number of carboxylic acids is 1. The summed E-state index contributed by atoms with van der Waals surface area (Å²) in [6.45, 7) is 4.73. The molecule has 0 saturated heterocycles. The first kappa shape index (κ1) is 23.8. The number of rotatable bonds is 6. The number of hydrogen-bond acceptors (Lipinski definition) is 4. The summed E-state index contributed by atoms with van der Waals surface area (Å²) in [5.41, 5.74) is 1.47. The first-order valence-corrected chi connectivity index (χ1v) is 11.0. The molecular weight excluding hydrogens is 432 g/mol. The highest BCUT2D eigenvalue weighted by Crippen LogP contribution is 2.36. The normalized spacial score (nSPS) is 18.8. The lowest BCUT2D eigenvalue weighted by Gasteiger charge is -2.30. The fourth-order valence-electron chi connectivity index (χ4n) is 4.06. The Bertz CT molecular complexity index is 1020. The van der Waals surface area contributed by atoms with E-state index in [-0.39, 0.29) is 17.7 Å². The third-order valence-electron chi connectivity index (χ3n) is 6.07. The van der Waals surface area contributed by atoms with Crippen molar-refractivity contribution in [3.8, 4) is 0 Å². The highest BCUT2D eigenvalue weighted by atomic mass is 35.5. The summed E-state index contributed by atoms with van der Waals surface area (Å²) in [6.07, 6.45) is 3.12. The molecule has 9 heteroatoms. The molecule has 1 saturated carbocycles. The van der Waals surface area contributed by atoms with Crippen molar-refractivity contribution in [2.24, 2.45) is 13.0 Å². The standard InChI is InChI=1S/C23H29ClN4O4/c1-13-18(24)19(28(4)27-13)21(30)25-17-11-9-15(10-12-17)14-5-7-16(8-6-14)20(29)26-23(2,3)22(31)32/h9-12,14,16H,5-8H2,1-4H3,(H,25,30)(H,26,29)(H,31,32). The van der Waals surface area contributed by atoms with Gasteiger partial charge in [0, 0.05) is 18.7 Å². The zero-order chi connectivity index (χ0) is 23.6. The van der Waals surface area contributed by atoms with Crippen LogP contribution in [-0.4, -0.2) is 38.2 Å². The predicted octanol–water partition coefficient (Wildman–Crippen LogP) is 3.89. The maximum Gasteiger partial charge on any atom is 0.328 e. The number of aliphatic carboxylic acids is 1. The molecule has 1 heterocycles. The van der Waals surface area contributed by atoms with Crippen LogP contribution in [0.4, 0.5) is 5.69 Å². The maximum absolute atomic E-state index is 12.6. The van der Waals surface area contributed by atoms with Gasteiger partial charge in [-0.15, -0.1) is 0 Å². The SMILES string of the molecule is Cc1nn(C)c(C(=O)Nc2ccc(C3CCC(C(=O)NC(C)(C)C(=O)O)CC3)cc2)c1Cl. The minimum Gasteiger partial charge on any atom is -0.480 e. The number of anilines is 1. The lowest BCUT2D eigenvalue weighted by atomic mass is 9.78. The monoisotopic (exact) mass is 460 g/mol. The molecule has 172 valence electrons. The van der Waals surface area contributed by atoms with Crippen LogP contribution < -0.4 is 10.6 Å². The van der Waals surface area contributed by atoms with Crippen LogP contribution in [0.5, 0.6) is 0 Å². The van der Waals surface area contributed by atoms with Crippen LogP contribution in [0.1, 0.15) is 67.2 Å². The average molecular weight is 461 g/mol. The fraction of sp³-hybridized carbons (Fsp3) is 0.478. The Morgan fingerprint density at radius 2 is 1.72 bits per heavy atom. The number of carbonyl (C=O) groups excluding carboxylic acids is 2. The van der Waals surface area contributed by atoms with Crippen LogP contribution in [-0.2, 0) is 16.6 Å². The largest absolute Gasteiger partial charge is 0.480 e. The van der Waals surface area contributed by atoms with Gasteiger partial charge in [0.2, 0.25) is 5.91 Å². The van der Waals surface area contributed by atoms with Gasteiger partial charge >= 0.3 is 5.97 Å². The van der Waals surface area contributed by atoms with E-state index in [4.69, 9.17) is 11.6 Å². The Morgan fingerprint density at radius 3 is 2.22 bits per heavy atom. The summed E-state index contributed by atoms with van der Waals surface area (Å²) in [5, 5.41) is 19.2. The smallest absolute Gasteiger partial charge is 0.328 e. The van der Waals surface area contributed by atoms with Crippen molar-refractivity contribution in [3.63, 3.8) is 0 Å². The number of hydrogen-bond donors (Lipinski definition) is 3. The summed E-state index contributed by atoms with van der Waals surface area (Å²) < 4.78 is 1.47. The third kappa shape index (κ3) is 5.12. The lowest BCUT2D eigenvalue weighted by molar-refractivity contribution is -0.146. The van der Waals surface area contributed by atoms with Crippen LogP contribution in [0.15, 0.2) is 24.3 Å². The Labute approximate surface area is 192 Å². The van der Waals surface area contributed by atoms with Crippen LogP contribution >= 0.6 is 11.6 Å². The molecule has 1 aliphatic carbocycles. The van der Waals surface area contributed by atoms with Gasteiger partial charge in [-0.3, -0.25) is 14.3 Å². The molecule has 8 nitrogen and oxygen atoms in total. The van der Waals surface area contributed by atoms with Gasteiger partial charge in [0.15, 0.2) is 0 Å². The highest BCUT2D eigenvalue weighted by molar-refractivity contribution is 6.34. The second-order valence-electron chi connectivity index (χ2n) is 8.92. The number of aromatic nitrogens is 2. The van der Waals surface area contributed by atoms with E-state index in [0.717, 1.165) is 18.4 Å². The van der Waals surface area contributed by atoms with Crippen molar-refractivity contribution in [1.82, 2.24) is 15.1 Å². The molecule has 0 radical (unpaired) electrons. The summed E-state index contributed by atoms with van der Waals surface area (Å²) >= 11 is 6.19. The summed E-state index contributed by atoms with van der Waals surface area (Å²) in [7, 11) is 1.68. The maximum atomic E-state index is 12.6. The summed E-state index contributed by atoms with van der Waals surface area (Å²) in [4.78, 5) is 36.2. The van der Waals surface area contributed by atoms with Crippen LogP contribution in [0.3, 0.4) is 0 Å². The highest BCUT2D eigenvalue weighted by Gasteiger charge is 2.34. The van der Waals surface area contributed by atoms with Crippen LogP contribution in [0.2, 0.25) is 5.02 Å². The number of halogens is 1. The molecule has 1 aromatic carbocycles. The molecule has 0 bridgehead atoms. The van der Waals surface area contributed by atoms with E-state index in [1.54, 1.807) is 14.0 Å². The van der Waals surface area contributed by atoms with E-state index >= 15 is 0 Å². The van der Waals surface area contributed by atoms with Crippen molar-refractivity contribution in [1.29, 1.82) is 0 Å². The second kappa shape index (κ2) is 9.32. The minimum absolute atomic E-state index is 0.171. The number of amides is 2. The molecule has 32 heavy (non-hydrogen) atoms. The van der Waals surface area contributed by atoms with E-state index < -0.39 is 11.5 Å². The molecule has 1 aromatic heterocycles. The first-order chi connectivity index (χ1) is 15.0. The van der Waals surface area contributed by atoms with Gasteiger partial charge in [-0.2, -0.15) is 5.10 Å². The molecule has 1 fully saturated rings. The minimum atomic E-state index is -1.27. The molecule has 0 aliphatic heterocycles. The zero-order valence-electron chi connectivity index (χ0n) is 18.7. The van der Waals surface area contributed by atoms with E-state index in [1.807, 2.05) is 24.3 Å². The van der Waals surface area contributed by atoms with Gasteiger partial charge in [-0.25, -0.2) is 4.79 Å². The van der Waals surface area contributed by atoms with Crippen molar-refractivity contribution in [3.05, 3.63) is 46.2 Å². The Hall–Kier alpha value is -2.87. The number of aryl methyl sites for hydroxylation is 2. The molecule has 0 spiro atoms. The van der Waals surface area contributed by atoms with Gasteiger partial charge in [0.25, 0.3) is 5.91 Å². The van der Waals surface area contributed by atoms with Gasteiger partial charge < -0.3 is 15.7 Å². The van der Waals surface area contributed by atoms with Gasteiger partial charge in [0.05, 0.1) is 10.7 Å². The van der Waals surface area contributed by atoms with Crippen molar-refractivity contribution in [2.75, 3.05) is 5.32 Å². The summed E-state index contributed by atoms with van der Waals surface area (Å²) in [5.74, 6) is -1.41. The molecule has 2 amide bonds. The fourth-order valence-corrected chi connectivity index (χ4v) is 4.31. The van der Waals surface area contributed by atoms with Crippen molar-refractivity contribution in [2.45, 2.75) is 57.9 Å². The number of carbonyl (C=O) groups is 3. The van der Waals surface area contributed by atoms with Crippen molar-refractivity contribution >= 4 is 35.1 Å². The molecule has 2 aromatic rings. The Balaban J connectivity index is 1.56. The number of nitrogens with one attached hydrogen (secondary N) is 2. The van der Waals surface area contributed by atoms with E-state index in [9.17, 15) is 19.5 Å². The third-order valence-corrected chi connectivity index (χ3v) is 6.53. The van der Waals surface area contributed by atoms with Gasteiger partial charge in [-0.05, 0) is 70.1 Å². The Kier molecular flexibility index (Phi) is 6.93. The molecule has 0 unspecified atom stereocenters. The molecular formula is C23H29ClN4O4. The van der Waals surface area contributed by atoms with Crippen molar-refractivity contribution < 1.29 is 19.5 Å². The predicted molar refractivity (Wildman–Crippen MR) is 122 cm³/mol. The molecule has 3 N–H and O–H groups in total. The number of nitrogens with zero attached hydrogens (tertiary/aromatic N) is 2. The Morgan fingerprint density at radius 1 is 1.12 bits per heavy atom. The zero-order valence-corrected chi connectivity index (χ0v) is 19.5. The van der Waals surface area contributed by atoms with E-state index in [2.05, 4.69) is 15.7 Å². The van der Waals surface area contributed by atoms with Crippen LogP contribution in [0, 0.1) is 12.8 Å². The lowest BCUT2D eigenvalue weighted by Crippen LogP contribution is -2.51. The average Bonchev–Trinajstić information content (AvgIpc) is 2.99. The molecule has 3 rings (SSSR count). The second-order valence-corrected chi connectivity index (χ2v) is 9.29. The number of carboxylic acid groups (broad SMARTS) is 1. The number of benzene rings is 1. The van der Waals surface area contributed by atoms with Gasteiger partial charge in [-0.1, -0.05) is 23.7 Å². The van der Waals surface area contributed by atoms with E-state index in [1.165, 1.54) is 18.5 Å². The van der Waals surface area contributed by atoms with E-state index in [0.29, 0.717) is 40.9 Å². The first-order valence-electron chi connectivity index (χ1n) is 10.7. The summed E-state index contributed by atoms with van der Waals surface area (Å²) in [6, 6.07) is 7.70. The topological polar surface area (TPSA) is 113 Å². The van der Waals surface area contributed by atoms with Gasteiger partial charge in [0.1, 0.15) is 11.2 Å².